The molecule has 0 saturated heterocycles. The number of nitrogens with zero attached hydrogens (tertiary/aromatic N) is 3. The summed E-state index contributed by atoms with van der Waals surface area (Å²) in [7, 11) is 1.70. The lowest BCUT2D eigenvalue weighted by Gasteiger charge is -2.02. The highest BCUT2D eigenvalue weighted by Crippen LogP contribution is 2.26. The van der Waals surface area contributed by atoms with Crippen molar-refractivity contribution in [3.63, 3.8) is 0 Å². The number of ether oxygens (including phenoxy) is 1. The fourth-order valence-corrected chi connectivity index (χ4v) is 1.30. The smallest absolute Gasteiger partial charge is 0.276 e. The number of non-ortho nitro benzene ring substituents is 1. The van der Waals surface area contributed by atoms with Crippen LogP contribution in [0.1, 0.15) is 0 Å². The Morgan fingerprint density at radius 3 is 2.76 bits per heavy atom. The minimum Gasteiger partial charge on any atom is -0.454 e. The summed E-state index contributed by atoms with van der Waals surface area (Å²) < 4.78 is 19.8. The molecule has 0 fully saturated rings. The van der Waals surface area contributed by atoms with E-state index in [1.165, 1.54) is 10.9 Å². The van der Waals surface area contributed by atoms with Crippen molar-refractivity contribution >= 4 is 5.69 Å². The van der Waals surface area contributed by atoms with Gasteiger partial charge in [0.2, 0.25) is 0 Å². The van der Waals surface area contributed by atoms with Crippen LogP contribution in [-0.4, -0.2) is 14.7 Å². The molecule has 0 unspecified atom stereocenters. The number of hydrogen-bond donors (Lipinski definition) is 0. The summed E-state index contributed by atoms with van der Waals surface area (Å²) in [4.78, 5) is 9.85. The Balaban J connectivity index is 2.29. The number of aromatic nitrogens is 2. The summed E-state index contributed by atoms with van der Waals surface area (Å²) in [6, 6.07) is 3.05. The zero-order valence-electron chi connectivity index (χ0n) is 8.83. The molecule has 0 atom stereocenters. The first-order chi connectivity index (χ1) is 8.04. The van der Waals surface area contributed by atoms with Crippen molar-refractivity contribution in [2.24, 2.45) is 7.05 Å². The maximum absolute atomic E-state index is 13.1. The van der Waals surface area contributed by atoms with Crippen molar-refractivity contribution in [2.75, 3.05) is 0 Å². The maximum Gasteiger partial charge on any atom is 0.276 e. The minimum atomic E-state index is -0.724. The number of halogens is 1. The molecule has 0 aliphatic heterocycles. The Hall–Kier alpha value is -2.44. The second-order valence-corrected chi connectivity index (χ2v) is 3.35. The van der Waals surface area contributed by atoms with Crippen LogP contribution in [0.25, 0.3) is 0 Å². The van der Waals surface area contributed by atoms with Crippen molar-refractivity contribution in [1.82, 2.24) is 9.78 Å². The molecule has 0 aliphatic rings. The molecule has 0 spiro atoms. The maximum atomic E-state index is 13.1. The van der Waals surface area contributed by atoms with Gasteiger partial charge in [-0.15, -0.1) is 0 Å². The van der Waals surface area contributed by atoms with Crippen molar-refractivity contribution in [3.8, 4) is 11.5 Å². The monoisotopic (exact) mass is 237 g/mol. The highest BCUT2D eigenvalue weighted by Gasteiger charge is 2.11. The van der Waals surface area contributed by atoms with Crippen LogP contribution in [0.4, 0.5) is 10.1 Å². The molecule has 0 amide bonds. The Morgan fingerprint density at radius 2 is 2.18 bits per heavy atom. The number of benzene rings is 1. The standard InChI is InChI=1S/C10H8FN3O3/c1-13-6-10(5-12-13)17-9-3-7(11)2-8(4-9)14(15)16/h2-6H,1H3. The SMILES string of the molecule is Cn1cc(Oc2cc(F)cc([N+](=O)[O-])c2)cn1. The van der Waals surface area contributed by atoms with E-state index in [-0.39, 0.29) is 11.4 Å². The Bertz CT molecular complexity index is 568. The molecule has 0 bridgehead atoms. The molecule has 7 heteroatoms. The normalized spacial score (nSPS) is 10.2. The van der Waals surface area contributed by atoms with Gasteiger partial charge in [-0.25, -0.2) is 4.39 Å². The van der Waals surface area contributed by atoms with Crippen molar-refractivity contribution in [3.05, 3.63) is 46.5 Å². The Kier molecular flexibility index (Phi) is 2.73. The van der Waals surface area contributed by atoms with Gasteiger partial charge < -0.3 is 4.74 Å². The van der Waals surface area contributed by atoms with Gasteiger partial charge in [-0.2, -0.15) is 5.10 Å². The predicted octanol–water partition coefficient (Wildman–Crippen LogP) is 2.26. The molecular formula is C10H8FN3O3. The van der Waals surface area contributed by atoms with E-state index < -0.39 is 10.7 Å². The lowest BCUT2D eigenvalue weighted by molar-refractivity contribution is -0.385. The molecule has 0 radical (unpaired) electrons. The molecule has 0 saturated carbocycles. The van der Waals surface area contributed by atoms with Gasteiger partial charge in [0.1, 0.15) is 11.6 Å². The fraction of sp³-hybridized carbons (Fsp3) is 0.100. The number of nitro groups is 1. The van der Waals surface area contributed by atoms with Crippen LogP contribution >= 0.6 is 0 Å². The summed E-state index contributed by atoms with van der Waals surface area (Å²) in [6.45, 7) is 0. The van der Waals surface area contributed by atoms with E-state index in [0.717, 1.165) is 18.2 Å². The van der Waals surface area contributed by atoms with Crippen LogP contribution in [0, 0.1) is 15.9 Å². The lowest BCUT2D eigenvalue weighted by Crippen LogP contribution is -1.91. The van der Waals surface area contributed by atoms with Gasteiger partial charge in [0.05, 0.1) is 29.4 Å². The van der Waals surface area contributed by atoms with E-state index >= 15 is 0 Å². The van der Waals surface area contributed by atoms with Gasteiger partial charge in [0.15, 0.2) is 5.75 Å². The number of aryl methyl sites for hydroxylation is 1. The first-order valence-corrected chi connectivity index (χ1v) is 4.66. The van der Waals surface area contributed by atoms with Gasteiger partial charge in [0, 0.05) is 13.1 Å². The second-order valence-electron chi connectivity index (χ2n) is 3.35. The third-order valence-electron chi connectivity index (χ3n) is 1.98. The van der Waals surface area contributed by atoms with E-state index in [2.05, 4.69) is 5.10 Å². The largest absolute Gasteiger partial charge is 0.454 e. The average molecular weight is 237 g/mol. The topological polar surface area (TPSA) is 70.2 Å². The molecule has 0 N–H and O–H groups in total. The van der Waals surface area contributed by atoms with Crippen LogP contribution in [-0.2, 0) is 7.05 Å². The highest BCUT2D eigenvalue weighted by atomic mass is 19.1. The fourth-order valence-electron chi connectivity index (χ4n) is 1.30. The second kappa shape index (κ2) is 4.20. The van der Waals surface area contributed by atoms with E-state index in [0.29, 0.717) is 5.75 Å². The third kappa shape index (κ3) is 2.57. The summed E-state index contributed by atoms with van der Waals surface area (Å²) in [5, 5.41) is 14.4. The Morgan fingerprint density at radius 1 is 1.41 bits per heavy atom. The average Bonchev–Trinajstić information content (AvgIpc) is 2.63. The van der Waals surface area contributed by atoms with Crippen LogP contribution in [0.3, 0.4) is 0 Å². The first kappa shape index (κ1) is 11.1. The van der Waals surface area contributed by atoms with E-state index in [1.807, 2.05) is 0 Å². The van der Waals surface area contributed by atoms with E-state index in [9.17, 15) is 14.5 Å². The Labute approximate surface area is 95.4 Å². The van der Waals surface area contributed by atoms with Crippen molar-refractivity contribution in [2.45, 2.75) is 0 Å². The van der Waals surface area contributed by atoms with E-state index in [4.69, 9.17) is 4.74 Å². The summed E-state index contributed by atoms with van der Waals surface area (Å²) >= 11 is 0. The minimum absolute atomic E-state index is 0.0599. The van der Waals surface area contributed by atoms with Gasteiger partial charge in [-0.1, -0.05) is 0 Å². The van der Waals surface area contributed by atoms with Gasteiger partial charge in [-0.3, -0.25) is 14.8 Å². The molecule has 1 heterocycles. The number of rotatable bonds is 3. The van der Waals surface area contributed by atoms with Crippen LogP contribution < -0.4 is 4.74 Å². The zero-order valence-corrected chi connectivity index (χ0v) is 8.83. The van der Waals surface area contributed by atoms with Crippen LogP contribution in [0.15, 0.2) is 30.6 Å². The molecule has 17 heavy (non-hydrogen) atoms. The number of nitro benzene ring substituents is 1. The first-order valence-electron chi connectivity index (χ1n) is 4.66. The molecule has 2 aromatic rings. The summed E-state index contributed by atoms with van der Waals surface area (Å²) in [6.07, 6.45) is 2.99. The van der Waals surface area contributed by atoms with E-state index in [1.54, 1.807) is 13.2 Å². The van der Waals surface area contributed by atoms with Gasteiger partial charge >= 0.3 is 0 Å². The molecule has 2 rings (SSSR count). The molecule has 1 aromatic heterocycles. The zero-order chi connectivity index (χ0) is 12.4. The van der Waals surface area contributed by atoms with Gasteiger partial charge in [-0.05, 0) is 0 Å². The molecule has 0 aliphatic carbocycles. The molecule has 6 nitrogen and oxygen atoms in total. The van der Waals surface area contributed by atoms with Crippen molar-refractivity contribution in [1.29, 1.82) is 0 Å². The summed E-state index contributed by atoms with van der Waals surface area (Å²) in [5.74, 6) is -0.282. The summed E-state index contributed by atoms with van der Waals surface area (Å²) in [5.41, 5.74) is -0.358. The predicted molar refractivity (Wildman–Crippen MR) is 56.3 cm³/mol. The molecule has 1 aromatic carbocycles. The van der Waals surface area contributed by atoms with Crippen molar-refractivity contribution < 1.29 is 14.1 Å². The molecule has 88 valence electrons. The molecular weight excluding hydrogens is 229 g/mol. The highest BCUT2D eigenvalue weighted by molar-refractivity contribution is 5.40. The van der Waals surface area contributed by atoms with Crippen LogP contribution in [0.5, 0.6) is 11.5 Å². The van der Waals surface area contributed by atoms with Gasteiger partial charge in [0.25, 0.3) is 5.69 Å². The number of hydrogen-bond acceptors (Lipinski definition) is 4. The van der Waals surface area contributed by atoms with Crippen LogP contribution in [0.2, 0.25) is 0 Å². The third-order valence-corrected chi connectivity index (χ3v) is 1.98. The quantitative estimate of drug-likeness (QED) is 0.606. The lowest BCUT2D eigenvalue weighted by atomic mass is 10.3.